The second kappa shape index (κ2) is 5.21. The smallest absolute Gasteiger partial charge is 0.265 e. The van der Waals surface area contributed by atoms with Gasteiger partial charge in [0.2, 0.25) is 5.65 Å². The number of ether oxygens (including phenoxy) is 1. The van der Waals surface area contributed by atoms with Gasteiger partial charge in [-0.15, -0.1) is 0 Å². The first-order valence-electron chi connectivity index (χ1n) is 6.58. The summed E-state index contributed by atoms with van der Waals surface area (Å²) in [6.45, 7) is 4.86. The second-order valence-corrected chi connectivity index (χ2v) is 4.54. The van der Waals surface area contributed by atoms with Gasteiger partial charge in [-0.05, 0) is 31.5 Å². The first kappa shape index (κ1) is 12.5. The van der Waals surface area contributed by atoms with Gasteiger partial charge in [0, 0.05) is 18.9 Å². The van der Waals surface area contributed by atoms with E-state index in [4.69, 9.17) is 4.74 Å². The van der Waals surface area contributed by atoms with Crippen molar-refractivity contribution in [1.29, 1.82) is 0 Å². The lowest BCUT2D eigenvalue weighted by Crippen LogP contribution is -2.03. The SMILES string of the molecule is CCNc1cn2ccnc2c(Oc2cccc(C)c2)n1. The minimum atomic E-state index is 0.499. The van der Waals surface area contributed by atoms with Crippen LogP contribution in [0.5, 0.6) is 11.6 Å². The molecule has 0 spiro atoms. The van der Waals surface area contributed by atoms with E-state index in [0.29, 0.717) is 11.5 Å². The molecule has 20 heavy (non-hydrogen) atoms. The first-order chi connectivity index (χ1) is 9.76. The molecule has 5 nitrogen and oxygen atoms in total. The zero-order valence-corrected chi connectivity index (χ0v) is 11.5. The molecule has 3 aromatic rings. The van der Waals surface area contributed by atoms with Gasteiger partial charge in [-0.1, -0.05) is 12.1 Å². The number of fused-ring (bicyclic) bond motifs is 1. The van der Waals surface area contributed by atoms with Gasteiger partial charge < -0.3 is 10.1 Å². The Labute approximate surface area is 117 Å². The summed E-state index contributed by atoms with van der Waals surface area (Å²) >= 11 is 0. The fraction of sp³-hybridized carbons (Fsp3) is 0.200. The van der Waals surface area contributed by atoms with Crippen molar-refractivity contribution in [2.75, 3.05) is 11.9 Å². The van der Waals surface area contributed by atoms with Crippen LogP contribution in [0.4, 0.5) is 5.82 Å². The Bertz CT molecular complexity index is 736. The second-order valence-electron chi connectivity index (χ2n) is 4.54. The summed E-state index contributed by atoms with van der Waals surface area (Å²) in [7, 11) is 0. The van der Waals surface area contributed by atoms with Crippen molar-refractivity contribution >= 4 is 11.5 Å². The van der Waals surface area contributed by atoms with E-state index in [9.17, 15) is 0 Å². The highest BCUT2D eigenvalue weighted by Crippen LogP contribution is 2.25. The summed E-state index contributed by atoms with van der Waals surface area (Å²) in [6, 6.07) is 7.87. The summed E-state index contributed by atoms with van der Waals surface area (Å²) in [5.41, 5.74) is 1.85. The molecule has 5 heteroatoms. The average molecular weight is 268 g/mol. The van der Waals surface area contributed by atoms with Crippen LogP contribution in [0.1, 0.15) is 12.5 Å². The monoisotopic (exact) mass is 268 g/mol. The van der Waals surface area contributed by atoms with Crippen LogP contribution in [0.25, 0.3) is 5.65 Å². The van der Waals surface area contributed by atoms with Gasteiger partial charge in [-0.3, -0.25) is 4.40 Å². The molecule has 1 N–H and O–H groups in total. The molecule has 0 atom stereocenters. The third-order valence-corrected chi connectivity index (χ3v) is 2.91. The predicted molar refractivity (Wildman–Crippen MR) is 78.4 cm³/mol. The van der Waals surface area contributed by atoms with Crippen LogP contribution in [0.15, 0.2) is 42.9 Å². The van der Waals surface area contributed by atoms with E-state index in [1.165, 1.54) is 0 Å². The number of rotatable bonds is 4. The van der Waals surface area contributed by atoms with Crippen LogP contribution < -0.4 is 10.1 Å². The number of benzene rings is 1. The minimum absolute atomic E-state index is 0.499. The maximum atomic E-state index is 5.88. The number of aryl methyl sites for hydroxylation is 1. The Morgan fingerprint density at radius 1 is 1.35 bits per heavy atom. The van der Waals surface area contributed by atoms with Gasteiger partial charge in [0.25, 0.3) is 5.88 Å². The van der Waals surface area contributed by atoms with Crippen molar-refractivity contribution in [3.05, 3.63) is 48.4 Å². The number of nitrogens with zero attached hydrogens (tertiary/aromatic N) is 3. The van der Waals surface area contributed by atoms with Crippen LogP contribution in [0.2, 0.25) is 0 Å². The van der Waals surface area contributed by atoms with Crippen molar-refractivity contribution in [3.8, 4) is 11.6 Å². The van der Waals surface area contributed by atoms with Crippen molar-refractivity contribution in [2.45, 2.75) is 13.8 Å². The molecular weight excluding hydrogens is 252 g/mol. The molecule has 0 radical (unpaired) electrons. The third kappa shape index (κ3) is 2.42. The maximum Gasteiger partial charge on any atom is 0.265 e. The highest BCUT2D eigenvalue weighted by atomic mass is 16.5. The molecule has 1 aromatic carbocycles. The van der Waals surface area contributed by atoms with Crippen molar-refractivity contribution < 1.29 is 4.74 Å². The van der Waals surface area contributed by atoms with Gasteiger partial charge >= 0.3 is 0 Å². The van der Waals surface area contributed by atoms with Gasteiger partial charge in [-0.2, -0.15) is 4.98 Å². The van der Waals surface area contributed by atoms with Crippen molar-refractivity contribution in [1.82, 2.24) is 14.4 Å². The normalized spacial score (nSPS) is 10.7. The summed E-state index contributed by atoms with van der Waals surface area (Å²) in [5, 5.41) is 3.19. The molecule has 0 aliphatic rings. The number of hydrogen-bond donors (Lipinski definition) is 1. The first-order valence-corrected chi connectivity index (χ1v) is 6.58. The van der Waals surface area contributed by atoms with E-state index in [2.05, 4.69) is 15.3 Å². The van der Waals surface area contributed by atoms with E-state index in [1.807, 2.05) is 54.9 Å². The Morgan fingerprint density at radius 2 is 2.25 bits per heavy atom. The van der Waals surface area contributed by atoms with E-state index < -0.39 is 0 Å². The third-order valence-electron chi connectivity index (χ3n) is 2.91. The maximum absolute atomic E-state index is 5.88. The summed E-state index contributed by atoms with van der Waals surface area (Å²) in [4.78, 5) is 8.76. The molecule has 0 amide bonds. The molecule has 2 aromatic heterocycles. The summed E-state index contributed by atoms with van der Waals surface area (Å²) in [5.74, 6) is 2.02. The number of aromatic nitrogens is 3. The molecule has 0 unspecified atom stereocenters. The Morgan fingerprint density at radius 3 is 3.05 bits per heavy atom. The standard InChI is InChI=1S/C15H16N4O/c1-3-16-13-10-19-8-7-17-14(19)15(18-13)20-12-6-4-5-11(2)9-12/h4-10,16H,3H2,1-2H3. The van der Waals surface area contributed by atoms with Crippen LogP contribution in [0, 0.1) is 6.92 Å². The topological polar surface area (TPSA) is 51.5 Å². The molecule has 2 heterocycles. The Hall–Kier alpha value is -2.56. The number of anilines is 1. The zero-order valence-electron chi connectivity index (χ0n) is 11.5. The fourth-order valence-corrected chi connectivity index (χ4v) is 2.03. The van der Waals surface area contributed by atoms with Gasteiger partial charge in [0.15, 0.2) is 0 Å². The quantitative estimate of drug-likeness (QED) is 0.789. The molecule has 0 aliphatic heterocycles. The molecule has 0 aliphatic carbocycles. The molecule has 3 rings (SSSR count). The van der Waals surface area contributed by atoms with Crippen LogP contribution in [-0.4, -0.2) is 20.9 Å². The van der Waals surface area contributed by atoms with E-state index in [0.717, 1.165) is 23.7 Å². The lowest BCUT2D eigenvalue weighted by Gasteiger charge is -2.09. The fourth-order valence-electron chi connectivity index (χ4n) is 2.03. The average Bonchev–Trinajstić information content (AvgIpc) is 2.87. The van der Waals surface area contributed by atoms with Crippen LogP contribution in [0.3, 0.4) is 0 Å². The van der Waals surface area contributed by atoms with Crippen LogP contribution >= 0.6 is 0 Å². The lowest BCUT2D eigenvalue weighted by molar-refractivity contribution is 0.465. The molecule has 0 saturated carbocycles. The summed E-state index contributed by atoms with van der Waals surface area (Å²) in [6.07, 6.45) is 5.51. The minimum Gasteiger partial charge on any atom is -0.436 e. The Kier molecular flexibility index (Phi) is 3.25. The zero-order chi connectivity index (χ0) is 13.9. The largest absolute Gasteiger partial charge is 0.436 e. The van der Waals surface area contributed by atoms with Crippen molar-refractivity contribution in [3.63, 3.8) is 0 Å². The highest BCUT2D eigenvalue weighted by molar-refractivity contribution is 5.55. The van der Waals surface area contributed by atoms with Crippen LogP contribution in [-0.2, 0) is 0 Å². The van der Waals surface area contributed by atoms with E-state index in [-0.39, 0.29) is 0 Å². The van der Waals surface area contributed by atoms with E-state index in [1.54, 1.807) is 6.20 Å². The number of imidazole rings is 1. The molecule has 0 saturated heterocycles. The van der Waals surface area contributed by atoms with Crippen molar-refractivity contribution in [2.24, 2.45) is 0 Å². The number of nitrogens with one attached hydrogen (secondary N) is 1. The molecular formula is C15H16N4O. The number of hydrogen-bond acceptors (Lipinski definition) is 4. The van der Waals surface area contributed by atoms with E-state index >= 15 is 0 Å². The molecule has 0 fully saturated rings. The molecule has 0 bridgehead atoms. The Balaban J connectivity index is 2.02. The van der Waals surface area contributed by atoms with Gasteiger partial charge in [0.1, 0.15) is 11.6 Å². The predicted octanol–water partition coefficient (Wildman–Crippen LogP) is 3.26. The lowest BCUT2D eigenvalue weighted by atomic mass is 10.2. The molecule has 102 valence electrons. The van der Waals surface area contributed by atoms with Gasteiger partial charge in [-0.25, -0.2) is 4.98 Å². The van der Waals surface area contributed by atoms with Gasteiger partial charge in [0.05, 0.1) is 6.20 Å². The summed E-state index contributed by atoms with van der Waals surface area (Å²) < 4.78 is 7.78. The highest BCUT2D eigenvalue weighted by Gasteiger charge is 2.09.